The molecule has 0 radical (unpaired) electrons. The molecular formula is C18H19N5O2S2. The molecule has 0 saturated carbocycles. The van der Waals surface area contributed by atoms with Gasteiger partial charge in [-0.1, -0.05) is 12.1 Å². The van der Waals surface area contributed by atoms with E-state index in [4.69, 9.17) is 0 Å². The Labute approximate surface area is 165 Å². The molecule has 0 aliphatic rings. The minimum absolute atomic E-state index is 0.134. The average molecular weight is 402 g/mol. The predicted octanol–water partition coefficient (Wildman–Crippen LogP) is 2.78. The van der Waals surface area contributed by atoms with Crippen molar-refractivity contribution in [2.45, 2.75) is 13.0 Å². The van der Waals surface area contributed by atoms with E-state index in [2.05, 4.69) is 20.6 Å². The van der Waals surface area contributed by atoms with Gasteiger partial charge in [0, 0.05) is 37.8 Å². The summed E-state index contributed by atoms with van der Waals surface area (Å²) in [4.78, 5) is 35.4. The number of anilines is 2. The van der Waals surface area contributed by atoms with E-state index in [-0.39, 0.29) is 18.2 Å². The maximum Gasteiger partial charge on any atom is 0.267 e. The first-order valence-corrected chi connectivity index (χ1v) is 9.96. The monoisotopic (exact) mass is 401 g/mol. The van der Waals surface area contributed by atoms with Crippen molar-refractivity contribution < 1.29 is 9.59 Å². The Hall–Kier alpha value is -2.78. The van der Waals surface area contributed by atoms with Gasteiger partial charge in [-0.05, 0) is 17.5 Å². The lowest BCUT2D eigenvalue weighted by Crippen LogP contribution is -2.26. The van der Waals surface area contributed by atoms with E-state index in [1.807, 2.05) is 42.6 Å². The third-order valence-electron chi connectivity index (χ3n) is 3.63. The number of pyridine rings is 1. The Balaban J connectivity index is 1.53. The third-order valence-corrected chi connectivity index (χ3v) is 5.30. The van der Waals surface area contributed by atoms with Crippen LogP contribution in [0.15, 0.2) is 41.2 Å². The number of carbonyl (C=O) groups is 2. The van der Waals surface area contributed by atoms with Crippen LogP contribution in [0.5, 0.6) is 0 Å². The van der Waals surface area contributed by atoms with Crippen LogP contribution in [0.3, 0.4) is 0 Å². The van der Waals surface area contributed by atoms with Crippen LogP contribution < -0.4 is 15.5 Å². The minimum Gasteiger partial charge on any atom is -0.362 e. The fourth-order valence-electron chi connectivity index (χ4n) is 2.40. The number of aromatic nitrogens is 2. The van der Waals surface area contributed by atoms with Crippen LogP contribution in [-0.2, 0) is 17.8 Å². The summed E-state index contributed by atoms with van der Waals surface area (Å²) in [5.41, 5.74) is 1.57. The summed E-state index contributed by atoms with van der Waals surface area (Å²) in [6, 6.07) is 7.35. The van der Waals surface area contributed by atoms with E-state index in [9.17, 15) is 9.59 Å². The minimum atomic E-state index is -0.192. The quantitative estimate of drug-likeness (QED) is 0.636. The first-order valence-electron chi connectivity index (χ1n) is 8.20. The molecule has 9 heteroatoms. The van der Waals surface area contributed by atoms with E-state index >= 15 is 0 Å². The van der Waals surface area contributed by atoms with Gasteiger partial charge in [-0.15, -0.1) is 22.7 Å². The van der Waals surface area contributed by atoms with Gasteiger partial charge in [0.25, 0.3) is 5.91 Å². The second-order valence-electron chi connectivity index (χ2n) is 5.91. The van der Waals surface area contributed by atoms with Crippen molar-refractivity contribution in [3.63, 3.8) is 0 Å². The molecule has 3 aromatic heterocycles. The molecule has 140 valence electrons. The SMILES string of the molecule is CN(C)c1ncccc1CNC(=O)Cc1csc(NC(=O)c2cccs2)n1. The molecule has 0 saturated heterocycles. The van der Waals surface area contributed by atoms with Crippen molar-refractivity contribution in [2.24, 2.45) is 0 Å². The first-order chi connectivity index (χ1) is 13.0. The van der Waals surface area contributed by atoms with Crippen molar-refractivity contribution in [2.75, 3.05) is 24.3 Å². The average Bonchev–Trinajstić information content (AvgIpc) is 3.32. The van der Waals surface area contributed by atoms with E-state index in [1.165, 1.54) is 22.7 Å². The van der Waals surface area contributed by atoms with E-state index in [0.29, 0.717) is 22.2 Å². The number of thiophene rings is 1. The highest BCUT2D eigenvalue weighted by atomic mass is 32.1. The van der Waals surface area contributed by atoms with E-state index in [0.717, 1.165) is 11.4 Å². The van der Waals surface area contributed by atoms with Gasteiger partial charge in [-0.25, -0.2) is 9.97 Å². The van der Waals surface area contributed by atoms with Gasteiger partial charge < -0.3 is 10.2 Å². The molecule has 3 rings (SSSR count). The van der Waals surface area contributed by atoms with Crippen LogP contribution >= 0.6 is 22.7 Å². The molecule has 0 fully saturated rings. The number of rotatable bonds is 7. The highest BCUT2D eigenvalue weighted by Crippen LogP contribution is 2.18. The van der Waals surface area contributed by atoms with Crippen molar-refractivity contribution in [3.05, 3.63) is 57.4 Å². The molecule has 0 unspecified atom stereocenters. The standard InChI is InChI=1S/C18H19N5O2S2/c1-23(2)16-12(5-3-7-19-16)10-20-15(24)9-13-11-27-18(21-13)22-17(25)14-6-4-8-26-14/h3-8,11H,9-10H2,1-2H3,(H,20,24)(H,21,22,25). The molecular weight excluding hydrogens is 382 g/mol. The molecule has 3 aromatic rings. The Morgan fingerprint density at radius 3 is 2.78 bits per heavy atom. The van der Waals surface area contributed by atoms with Gasteiger partial charge in [-0.3, -0.25) is 14.9 Å². The molecule has 27 heavy (non-hydrogen) atoms. The number of carbonyl (C=O) groups excluding carboxylic acids is 2. The summed E-state index contributed by atoms with van der Waals surface area (Å²) in [5.74, 6) is 0.498. The molecule has 2 N–H and O–H groups in total. The van der Waals surface area contributed by atoms with Crippen LogP contribution in [0.2, 0.25) is 0 Å². The fourth-order valence-corrected chi connectivity index (χ4v) is 3.73. The first kappa shape index (κ1) is 19.0. The molecule has 2 amide bonds. The third kappa shape index (κ3) is 5.11. The molecule has 3 heterocycles. The normalized spacial score (nSPS) is 10.4. The lowest BCUT2D eigenvalue weighted by molar-refractivity contribution is -0.120. The molecule has 0 aliphatic heterocycles. The molecule has 7 nitrogen and oxygen atoms in total. The van der Waals surface area contributed by atoms with Gasteiger partial charge in [0.05, 0.1) is 17.0 Å². The maximum absolute atomic E-state index is 12.2. The zero-order valence-corrected chi connectivity index (χ0v) is 16.6. The van der Waals surface area contributed by atoms with Crippen molar-refractivity contribution in [1.29, 1.82) is 0 Å². The van der Waals surface area contributed by atoms with Crippen LogP contribution in [0, 0.1) is 0 Å². The molecule has 0 bridgehead atoms. The number of nitrogens with zero attached hydrogens (tertiary/aromatic N) is 3. The number of nitrogens with one attached hydrogen (secondary N) is 2. The van der Waals surface area contributed by atoms with Gasteiger partial charge >= 0.3 is 0 Å². The van der Waals surface area contributed by atoms with Gasteiger partial charge in [0.15, 0.2) is 5.13 Å². The summed E-state index contributed by atoms with van der Waals surface area (Å²) >= 11 is 2.67. The zero-order chi connectivity index (χ0) is 19.2. The number of hydrogen-bond donors (Lipinski definition) is 2. The second-order valence-corrected chi connectivity index (χ2v) is 7.72. The summed E-state index contributed by atoms with van der Waals surface area (Å²) in [5, 5.41) is 9.74. The fraction of sp³-hybridized carbons (Fsp3) is 0.222. The second kappa shape index (κ2) is 8.74. The van der Waals surface area contributed by atoms with Gasteiger partial charge in [0.2, 0.25) is 5.91 Å². The van der Waals surface area contributed by atoms with Crippen LogP contribution in [0.1, 0.15) is 20.9 Å². The summed E-state index contributed by atoms with van der Waals surface area (Å²) < 4.78 is 0. The Morgan fingerprint density at radius 2 is 2.04 bits per heavy atom. The topological polar surface area (TPSA) is 87.2 Å². The lowest BCUT2D eigenvalue weighted by Gasteiger charge is -2.16. The highest BCUT2D eigenvalue weighted by molar-refractivity contribution is 7.14. The van der Waals surface area contributed by atoms with Crippen molar-refractivity contribution in [1.82, 2.24) is 15.3 Å². The maximum atomic E-state index is 12.2. The smallest absolute Gasteiger partial charge is 0.267 e. The number of thiazole rings is 1. The highest BCUT2D eigenvalue weighted by Gasteiger charge is 2.12. The van der Waals surface area contributed by atoms with Gasteiger partial charge in [-0.2, -0.15) is 0 Å². The van der Waals surface area contributed by atoms with E-state index < -0.39 is 0 Å². The Morgan fingerprint density at radius 1 is 1.19 bits per heavy atom. The number of hydrogen-bond acceptors (Lipinski definition) is 7. The van der Waals surface area contributed by atoms with Crippen LogP contribution in [-0.4, -0.2) is 35.9 Å². The Bertz CT molecular complexity index is 921. The zero-order valence-electron chi connectivity index (χ0n) is 14.9. The predicted molar refractivity (Wildman–Crippen MR) is 109 cm³/mol. The van der Waals surface area contributed by atoms with Crippen LogP contribution in [0.25, 0.3) is 0 Å². The van der Waals surface area contributed by atoms with Gasteiger partial charge in [0.1, 0.15) is 5.82 Å². The lowest BCUT2D eigenvalue weighted by atomic mass is 10.2. The Kier molecular flexibility index (Phi) is 6.15. The van der Waals surface area contributed by atoms with E-state index in [1.54, 1.807) is 17.6 Å². The summed E-state index contributed by atoms with van der Waals surface area (Å²) in [6.45, 7) is 0.395. The summed E-state index contributed by atoms with van der Waals surface area (Å²) in [6.07, 6.45) is 1.88. The molecule has 0 aliphatic carbocycles. The summed E-state index contributed by atoms with van der Waals surface area (Å²) in [7, 11) is 3.82. The van der Waals surface area contributed by atoms with Crippen LogP contribution in [0.4, 0.5) is 10.9 Å². The van der Waals surface area contributed by atoms with Crippen molar-refractivity contribution in [3.8, 4) is 0 Å². The largest absolute Gasteiger partial charge is 0.362 e. The molecule has 0 aromatic carbocycles. The van der Waals surface area contributed by atoms with Crippen molar-refractivity contribution >= 4 is 45.4 Å². The number of amides is 2. The molecule has 0 spiro atoms. The molecule has 0 atom stereocenters.